The maximum Gasteiger partial charge on any atom is 0.416 e. The number of carbonyl (C=O) groups is 2. The number of aryl methyl sites for hydroxylation is 1. The molecule has 0 atom stereocenters. The predicted octanol–water partition coefficient (Wildman–Crippen LogP) is 3.77. The number of halogens is 4. The molecule has 5 nitrogen and oxygen atoms in total. The lowest BCUT2D eigenvalue weighted by atomic mass is 10.1. The van der Waals surface area contributed by atoms with Crippen molar-refractivity contribution in [3.05, 3.63) is 63.9 Å². The number of esters is 1. The second-order valence-electron chi connectivity index (χ2n) is 5.56. The van der Waals surface area contributed by atoms with E-state index in [1.54, 1.807) is 12.3 Å². The summed E-state index contributed by atoms with van der Waals surface area (Å²) in [6, 6.07) is 6.24. The van der Waals surface area contributed by atoms with E-state index in [1.807, 2.05) is 0 Å². The Morgan fingerprint density at radius 1 is 1.15 bits per heavy atom. The number of amides is 1. The summed E-state index contributed by atoms with van der Waals surface area (Å²) in [5.41, 5.74) is 0.249. The van der Waals surface area contributed by atoms with Crippen molar-refractivity contribution in [3.63, 3.8) is 0 Å². The number of hydrogen-bond donors (Lipinski definition) is 1. The van der Waals surface area contributed by atoms with Crippen LogP contribution in [0.5, 0.6) is 0 Å². The van der Waals surface area contributed by atoms with Crippen LogP contribution in [0, 0.1) is 0 Å². The summed E-state index contributed by atoms with van der Waals surface area (Å²) in [6.07, 6.45) is -1.11. The van der Waals surface area contributed by atoms with Crippen molar-refractivity contribution in [3.8, 4) is 0 Å². The van der Waals surface area contributed by atoms with Gasteiger partial charge in [-0.3, -0.25) is 14.6 Å². The maximum atomic E-state index is 12.5. The number of benzene rings is 1. The largest absolute Gasteiger partial charge is 0.464 e. The predicted molar refractivity (Wildman–Crippen MR) is 95.0 cm³/mol. The van der Waals surface area contributed by atoms with Crippen LogP contribution < -0.4 is 5.32 Å². The summed E-state index contributed by atoms with van der Waals surface area (Å²) < 4.78 is 43.1. The molecule has 2 aromatic rings. The molecule has 0 aliphatic rings. The molecule has 144 valence electrons. The Labute approximate surface area is 162 Å². The Bertz CT molecular complexity index is 795. The van der Waals surface area contributed by atoms with E-state index in [4.69, 9.17) is 4.74 Å². The summed E-state index contributed by atoms with van der Waals surface area (Å²) in [5.74, 6) is -0.835. The van der Waals surface area contributed by atoms with Crippen molar-refractivity contribution >= 4 is 27.8 Å². The van der Waals surface area contributed by atoms with Gasteiger partial charge in [0.2, 0.25) is 0 Å². The molecule has 9 heteroatoms. The fraction of sp³-hybridized carbons (Fsp3) is 0.278. The molecule has 2 rings (SSSR count). The quantitative estimate of drug-likeness (QED) is 0.521. The van der Waals surface area contributed by atoms with Crippen molar-refractivity contribution < 1.29 is 27.5 Å². The van der Waals surface area contributed by atoms with Crippen LogP contribution in [0.2, 0.25) is 0 Å². The van der Waals surface area contributed by atoms with E-state index in [9.17, 15) is 22.8 Å². The highest BCUT2D eigenvalue weighted by Crippen LogP contribution is 2.29. The lowest BCUT2D eigenvalue weighted by molar-refractivity contribution is -0.143. The molecule has 1 aromatic heterocycles. The molecule has 0 spiro atoms. The van der Waals surface area contributed by atoms with Gasteiger partial charge in [0, 0.05) is 23.3 Å². The van der Waals surface area contributed by atoms with Gasteiger partial charge in [-0.2, -0.15) is 13.2 Å². The molecule has 1 amide bonds. The first-order valence-electron chi connectivity index (χ1n) is 7.96. The van der Waals surface area contributed by atoms with Crippen LogP contribution in [0.25, 0.3) is 0 Å². The Kier molecular flexibility index (Phi) is 7.35. The molecule has 1 N–H and O–H groups in total. The van der Waals surface area contributed by atoms with E-state index >= 15 is 0 Å². The van der Waals surface area contributed by atoms with E-state index in [-0.39, 0.29) is 31.9 Å². The number of ether oxygens (including phenoxy) is 1. The van der Waals surface area contributed by atoms with Crippen LogP contribution in [0.4, 0.5) is 13.2 Å². The van der Waals surface area contributed by atoms with Crippen LogP contribution in [0.15, 0.2) is 47.2 Å². The highest BCUT2D eigenvalue weighted by molar-refractivity contribution is 9.10. The van der Waals surface area contributed by atoms with Crippen molar-refractivity contribution in [1.82, 2.24) is 10.3 Å². The van der Waals surface area contributed by atoms with Crippen molar-refractivity contribution in [2.45, 2.75) is 19.0 Å². The van der Waals surface area contributed by atoms with Crippen molar-refractivity contribution in [2.24, 2.45) is 0 Å². The fourth-order valence-corrected chi connectivity index (χ4v) is 2.51. The molecule has 0 saturated carbocycles. The zero-order valence-corrected chi connectivity index (χ0v) is 15.6. The molecule has 0 radical (unpaired) electrons. The number of aromatic nitrogens is 1. The van der Waals surface area contributed by atoms with Crippen molar-refractivity contribution in [1.29, 1.82) is 0 Å². The number of rotatable bonds is 7. The van der Waals surface area contributed by atoms with E-state index in [1.165, 1.54) is 18.3 Å². The normalized spacial score (nSPS) is 11.1. The highest BCUT2D eigenvalue weighted by atomic mass is 79.9. The van der Waals surface area contributed by atoms with E-state index in [0.29, 0.717) is 15.6 Å². The first kappa shape index (κ1) is 20.9. The van der Waals surface area contributed by atoms with Gasteiger partial charge in [0.1, 0.15) is 6.61 Å². The van der Waals surface area contributed by atoms with E-state index in [2.05, 4.69) is 26.2 Å². The third kappa shape index (κ3) is 7.01. The number of hydrogen-bond acceptors (Lipinski definition) is 4. The third-order valence-corrected chi connectivity index (χ3v) is 3.95. The highest BCUT2D eigenvalue weighted by Gasteiger charge is 2.29. The molecule has 27 heavy (non-hydrogen) atoms. The van der Waals surface area contributed by atoms with Crippen LogP contribution in [-0.4, -0.2) is 30.0 Å². The lowest BCUT2D eigenvalue weighted by Crippen LogP contribution is -2.28. The molecule has 0 aliphatic carbocycles. The van der Waals surface area contributed by atoms with Gasteiger partial charge >= 0.3 is 12.1 Å². The summed E-state index contributed by atoms with van der Waals surface area (Å²) in [5, 5.41) is 2.59. The van der Waals surface area contributed by atoms with Gasteiger partial charge in [-0.25, -0.2) is 0 Å². The smallest absolute Gasteiger partial charge is 0.416 e. The van der Waals surface area contributed by atoms with Crippen LogP contribution in [-0.2, 0) is 22.1 Å². The number of nitrogens with one attached hydrogen (secondary N) is 1. The van der Waals surface area contributed by atoms with Crippen LogP contribution in [0.3, 0.4) is 0 Å². The maximum absolute atomic E-state index is 12.5. The summed E-state index contributed by atoms with van der Waals surface area (Å²) in [4.78, 5) is 27.4. The topological polar surface area (TPSA) is 68.3 Å². The van der Waals surface area contributed by atoms with E-state index < -0.39 is 17.7 Å². The monoisotopic (exact) mass is 444 g/mol. The standard InChI is InChI=1S/C18H16BrF3N2O3/c19-15-9-13(10-23-11-15)17(26)24-7-8-27-16(25)6-3-12-1-4-14(5-2-12)18(20,21)22/h1-2,4-5,9-11H,3,6-8H2,(H,24,26). The summed E-state index contributed by atoms with van der Waals surface area (Å²) >= 11 is 3.21. The van der Waals surface area contributed by atoms with Gasteiger partial charge in [0.15, 0.2) is 0 Å². The Hall–Kier alpha value is -2.42. The molecular weight excluding hydrogens is 429 g/mol. The zero-order valence-electron chi connectivity index (χ0n) is 14.1. The minimum Gasteiger partial charge on any atom is -0.464 e. The Morgan fingerprint density at radius 3 is 2.48 bits per heavy atom. The Morgan fingerprint density at radius 2 is 1.85 bits per heavy atom. The fourth-order valence-electron chi connectivity index (χ4n) is 2.15. The molecule has 1 heterocycles. The molecule has 0 unspecified atom stereocenters. The van der Waals surface area contributed by atoms with Gasteiger partial charge < -0.3 is 10.1 Å². The minimum atomic E-state index is -4.38. The third-order valence-electron chi connectivity index (χ3n) is 3.52. The molecule has 0 aliphatic heterocycles. The summed E-state index contributed by atoms with van der Waals surface area (Å²) in [7, 11) is 0. The average molecular weight is 445 g/mol. The molecule has 0 bridgehead atoms. The second-order valence-corrected chi connectivity index (χ2v) is 6.48. The number of pyridine rings is 1. The lowest BCUT2D eigenvalue weighted by Gasteiger charge is -2.08. The number of alkyl halides is 3. The molecular formula is C18H16BrF3N2O3. The zero-order chi connectivity index (χ0) is 19.9. The van der Waals surface area contributed by atoms with Crippen LogP contribution in [0.1, 0.15) is 27.9 Å². The first-order chi connectivity index (χ1) is 12.8. The Balaban J connectivity index is 1.67. The molecule has 0 fully saturated rings. The first-order valence-corrected chi connectivity index (χ1v) is 8.75. The van der Waals surface area contributed by atoms with Gasteiger partial charge in [0.25, 0.3) is 5.91 Å². The van der Waals surface area contributed by atoms with Crippen molar-refractivity contribution in [2.75, 3.05) is 13.2 Å². The van der Waals surface area contributed by atoms with Crippen LogP contribution >= 0.6 is 15.9 Å². The van der Waals surface area contributed by atoms with Gasteiger partial charge in [0.05, 0.1) is 17.7 Å². The van der Waals surface area contributed by atoms with Gasteiger partial charge in [-0.1, -0.05) is 12.1 Å². The summed E-state index contributed by atoms with van der Waals surface area (Å²) in [6.45, 7) is 0.135. The van der Waals surface area contributed by atoms with E-state index in [0.717, 1.165) is 12.1 Å². The van der Waals surface area contributed by atoms with Gasteiger partial charge in [-0.05, 0) is 46.1 Å². The molecule has 0 saturated heterocycles. The molecule has 1 aromatic carbocycles. The van der Waals surface area contributed by atoms with Gasteiger partial charge in [-0.15, -0.1) is 0 Å². The minimum absolute atomic E-state index is 0.000976. The number of nitrogens with zero attached hydrogens (tertiary/aromatic N) is 1. The second kappa shape index (κ2) is 9.50. The number of carbonyl (C=O) groups excluding carboxylic acids is 2. The SMILES string of the molecule is O=C(CCc1ccc(C(F)(F)F)cc1)OCCNC(=O)c1cncc(Br)c1. The average Bonchev–Trinajstić information content (AvgIpc) is 2.63.